The summed E-state index contributed by atoms with van der Waals surface area (Å²) in [7, 11) is -3.68. The molecular formula is C21H31N3O7S. The second-order valence-electron chi connectivity index (χ2n) is 7.84. The fraction of sp³-hybridized carbons (Fsp3) is 0.571. The summed E-state index contributed by atoms with van der Waals surface area (Å²) in [5.74, 6) is -0.993. The van der Waals surface area contributed by atoms with Gasteiger partial charge in [0, 0.05) is 19.6 Å². The Morgan fingerprint density at radius 3 is 2.31 bits per heavy atom. The third-order valence-electron chi connectivity index (χ3n) is 4.83. The minimum atomic E-state index is -3.68. The SMILES string of the molecule is CCOc1ccc(S(=O)(=O)N2CCC(C(=O)OCC(=O)NC(=O)NCC(C)C)CC2)cc1. The van der Waals surface area contributed by atoms with Gasteiger partial charge in [-0.3, -0.25) is 14.9 Å². The number of piperidine rings is 1. The summed E-state index contributed by atoms with van der Waals surface area (Å²) in [5, 5.41) is 4.61. The minimum absolute atomic E-state index is 0.161. The number of urea groups is 1. The van der Waals surface area contributed by atoms with E-state index in [2.05, 4.69) is 10.6 Å². The van der Waals surface area contributed by atoms with Crippen LogP contribution >= 0.6 is 0 Å². The second-order valence-corrected chi connectivity index (χ2v) is 9.78. The highest BCUT2D eigenvalue weighted by molar-refractivity contribution is 7.89. The second kappa shape index (κ2) is 11.8. The van der Waals surface area contributed by atoms with E-state index in [1.165, 1.54) is 16.4 Å². The molecule has 1 aliphatic rings. The molecule has 1 saturated heterocycles. The van der Waals surface area contributed by atoms with Crippen molar-refractivity contribution in [2.75, 3.05) is 32.8 Å². The fourth-order valence-corrected chi connectivity index (χ4v) is 4.58. The Kier molecular flexibility index (Phi) is 9.45. The lowest BCUT2D eigenvalue weighted by Crippen LogP contribution is -2.43. The van der Waals surface area contributed by atoms with Gasteiger partial charge in [-0.25, -0.2) is 13.2 Å². The fourth-order valence-electron chi connectivity index (χ4n) is 3.11. The van der Waals surface area contributed by atoms with Gasteiger partial charge in [-0.2, -0.15) is 4.31 Å². The van der Waals surface area contributed by atoms with Gasteiger partial charge in [0.2, 0.25) is 10.0 Å². The molecule has 2 rings (SSSR count). The van der Waals surface area contributed by atoms with Gasteiger partial charge in [0.05, 0.1) is 17.4 Å². The van der Waals surface area contributed by atoms with Crippen LogP contribution in [0.1, 0.15) is 33.6 Å². The molecule has 1 aliphatic heterocycles. The van der Waals surface area contributed by atoms with E-state index in [1.54, 1.807) is 12.1 Å². The smallest absolute Gasteiger partial charge is 0.321 e. The number of esters is 1. The normalized spacial score (nSPS) is 15.2. The first-order chi connectivity index (χ1) is 15.1. The molecule has 0 atom stereocenters. The molecule has 1 fully saturated rings. The number of hydrogen-bond donors (Lipinski definition) is 2. The van der Waals surface area contributed by atoms with Crippen molar-refractivity contribution in [3.8, 4) is 5.75 Å². The van der Waals surface area contributed by atoms with Crippen molar-refractivity contribution in [2.45, 2.75) is 38.5 Å². The third-order valence-corrected chi connectivity index (χ3v) is 6.74. The van der Waals surface area contributed by atoms with E-state index in [1.807, 2.05) is 20.8 Å². The largest absolute Gasteiger partial charge is 0.494 e. The minimum Gasteiger partial charge on any atom is -0.494 e. The molecule has 0 aromatic heterocycles. The molecule has 0 aliphatic carbocycles. The van der Waals surface area contributed by atoms with Gasteiger partial charge in [0.25, 0.3) is 5.91 Å². The molecule has 0 saturated carbocycles. The van der Waals surface area contributed by atoms with E-state index in [0.29, 0.717) is 18.9 Å². The van der Waals surface area contributed by atoms with Gasteiger partial charge < -0.3 is 14.8 Å². The van der Waals surface area contributed by atoms with Gasteiger partial charge in [-0.15, -0.1) is 0 Å². The van der Waals surface area contributed by atoms with Crippen molar-refractivity contribution in [1.29, 1.82) is 0 Å². The highest BCUT2D eigenvalue weighted by Crippen LogP contribution is 2.25. The number of hydrogen-bond acceptors (Lipinski definition) is 7. The van der Waals surface area contributed by atoms with Crippen molar-refractivity contribution >= 4 is 27.9 Å². The predicted octanol–water partition coefficient (Wildman–Crippen LogP) is 1.51. The number of nitrogens with one attached hydrogen (secondary N) is 2. The molecule has 0 spiro atoms. The Balaban J connectivity index is 1.79. The summed E-state index contributed by atoms with van der Waals surface area (Å²) in [6.07, 6.45) is 0.567. The highest BCUT2D eigenvalue weighted by atomic mass is 32.2. The number of carbonyl (C=O) groups excluding carboxylic acids is 3. The monoisotopic (exact) mass is 469 g/mol. The summed E-state index contributed by atoms with van der Waals surface area (Å²) in [6, 6.07) is 5.56. The predicted molar refractivity (Wildman–Crippen MR) is 116 cm³/mol. The van der Waals surface area contributed by atoms with Crippen molar-refractivity contribution in [3.63, 3.8) is 0 Å². The van der Waals surface area contributed by atoms with Gasteiger partial charge >= 0.3 is 12.0 Å². The lowest BCUT2D eigenvalue weighted by molar-refractivity contribution is -0.153. The van der Waals surface area contributed by atoms with Gasteiger partial charge in [-0.05, 0) is 49.9 Å². The molecule has 2 N–H and O–H groups in total. The molecule has 1 aromatic rings. The molecule has 178 valence electrons. The zero-order chi connectivity index (χ0) is 23.7. The molecule has 0 bridgehead atoms. The first kappa shape index (κ1) is 25.6. The van der Waals surface area contributed by atoms with Crippen molar-refractivity contribution in [3.05, 3.63) is 24.3 Å². The van der Waals surface area contributed by atoms with Gasteiger partial charge in [-0.1, -0.05) is 13.8 Å². The Morgan fingerprint density at radius 1 is 1.12 bits per heavy atom. The quantitative estimate of drug-likeness (QED) is 0.524. The molecule has 1 aromatic carbocycles. The van der Waals surface area contributed by atoms with Crippen molar-refractivity contribution < 1.29 is 32.3 Å². The maximum absolute atomic E-state index is 12.8. The summed E-state index contributed by atoms with van der Waals surface area (Å²) < 4.78 is 37.3. The number of amides is 3. The van der Waals surface area contributed by atoms with E-state index in [-0.39, 0.29) is 36.7 Å². The zero-order valence-electron chi connectivity index (χ0n) is 18.6. The van der Waals surface area contributed by atoms with Crippen LogP contribution < -0.4 is 15.4 Å². The van der Waals surface area contributed by atoms with Crippen molar-refractivity contribution in [1.82, 2.24) is 14.9 Å². The third kappa shape index (κ3) is 7.49. The standard InChI is InChI=1S/C21H31N3O7S/c1-4-30-17-5-7-18(8-6-17)32(28,29)24-11-9-16(10-12-24)20(26)31-14-19(25)23-21(27)22-13-15(2)3/h5-8,15-16H,4,9-14H2,1-3H3,(H2,22,23,25,27). The van der Waals surface area contributed by atoms with Crippen molar-refractivity contribution in [2.24, 2.45) is 11.8 Å². The Morgan fingerprint density at radius 2 is 1.75 bits per heavy atom. The van der Waals surface area contributed by atoms with Crippen LogP contribution in [0.15, 0.2) is 29.2 Å². The van der Waals surface area contributed by atoms with Crippen LogP contribution in [0.5, 0.6) is 5.75 Å². The molecule has 0 radical (unpaired) electrons. The van der Waals surface area contributed by atoms with Gasteiger partial charge in [0.1, 0.15) is 5.75 Å². The van der Waals surface area contributed by atoms with E-state index >= 15 is 0 Å². The summed E-state index contributed by atoms with van der Waals surface area (Å²) in [6.45, 7) is 6.34. The van der Waals surface area contributed by atoms with Crippen LogP contribution in [0.25, 0.3) is 0 Å². The van der Waals surface area contributed by atoms with Crippen LogP contribution in [0.2, 0.25) is 0 Å². The zero-order valence-corrected chi connectivity index (χ0v) is 19.4. The van der Waals surface area contributed by atoms with E-state index < -0.39 is 40.5 Å². The molecular weight excluding hydrogens is 438 g/mol. The molecule has 1 heterocycles. The summed E-state index contributed by atoms with van der Waals surface area (Å²) >= 11 is 0. The average molecular weight is 470 g/mol. The average Bonchev–Trinajstić information content (AvgIpc) is 2.76. The first-order valence-electron chi connectivity index (χ1n) is 10.6. The van der Waals surface area contributed by atoms with Crippen LogP contribution in [0.4, 0.5) is 4.79 Å². The maximum Gasteiger partial charge on any atom is 0.321 e. The Labute approximate surface area is 188 Å². The lowest BCUT2D eigenvalue weighted by Gasteiger charge is -2.30. The van der Waals surface area contributed by atoms with Crippen LogP contribution in [0.3, 0.4) is 0 Å². The number of imide groups is 1. The van der Waals surface area contributed by atoms with E-state index in [0.717, 1.165) is 0 Å². The summed E-state index contributed by atoms with van der Waals surface area (Å²) in [5.41, 5.74) is 0. The summed E-state index contributed by atoms with van der Waals surface area (Å²) in [4.78, 5) is 35.7. The number of nitrogens with zero attached hydrogens (tertiary/aromatic N) is 1. The Hall–Kier alpha value is -2.66. The number of ether oxygens (including phenoxy) is 2. The molecule has 0 unspecified atom stereocenters. The number of carbonyl (C=O) groups is 3. The van der Waals surface area contributed by atoms with Crippen LogP contribution in [-0.4, -0.2) is 63.5 Å². The van der Waals surface area contributed by atoms with E-state index in [4.69, 9.17) is 9.47 Å². The lowest BCUT2D eigenvalue weighted by atomic mass is 9.98. The molecule has 11 heteroatoms. The highest BCUT2D eigenvalue weighted by Gasteiger charge is 2.33. The first-order valence-corrected chi connectivity index (χ1v) is 12.0. The molecule has 10 nitrogen and oxygen atoms in total. The van der Waals surface area contributed by atoms with Gasteiger partial charge in [0.15, 0.2) is 6.61 Å². The molecule has 32 heavy (non-hydrogen) atoms. The van der Waals surface area contributed by atoms with Crippen LogP contribution in [0, 0.1) is 11.8 Å². The number of benzene rings is 1. The topological polar surface area (TPSA) is 131 Å². The number of rotatable bonds is 9. The van der Waals surface area contributed by atoms with Crippen LogP contribution in [-0.2, 0) is 24.3 Å². The maximum atomic E-state index is 12.8. The van der Waals surface area contributed by atoms with E-state index in [9.17, 15) is 22.8 Å². The molecule has 3 amide bonds. The number of sulfonamides is 1. The Bertz CT molecular complexity index is 892.